The third kappa shape index (κ3) is 6.65. The van der Waals surface area contributed by atoms with Crippen LogP contribution < -0.4 is 5.32 Å². The molecule has 12 heteroatoms. The smallest absolute Gasteiger partial charge is 0.433 e. The predicted octanol–water partition coefficient (Wildman–Crippen LogP) is 6.23. The zero-order chi connectivity index (χ0) is 27.3. The van der Waals surface area contributed by atoms with Crippen LogP contribution in [0, 0.1) is 5.92 Å². The Labute approximate surface area is 222 Å². The summed E-state index contributed by atoms with van der Waals surface area (Å²) < 4.78 is 50.3. The molecule has 0 aromatic carbocycles. The largest absolute Gasteiger partial charge is 0.464 e. The Balaban J connectivity index is 1.52. The molecule has 1 saturated carbocycles. The van der Waals surface area contributed by atoms with Crippen molar-refractivity contribution in [3.05, 3.63) is 46.4 Å². The van der Waals surface area contributed by atoms with Crippen molar-refractivity contribution in [3.63, 3.8) is 0 Å². The third-order valence-electron chi connectivity index (χ3n) is 6.49. The molecule has 8 nitrogen and oxygen atoms in total. The minimum atomic E-state index is -4.70. The van der Waals surface area contributed by atoms with Crippen LogP contribution >= 0.6 is 11.3 Å². The molecular weight excluding hydrogens is 521 g/mol. The number of hydrogen-bond acceptors (Lipinski definition) is 8. The average molecular weight is 551 g/mol. The van der Waals surface area contributed by atoms with E-state index >= 15 is 0 Å². The number of anilines is 1. The second-order valence-corrected chi connectivity index (χ2v) is 10.3. The molecule has 3 heterocycles. The highest BCUT2D eigenvalue weighted by atomic mass is 32.1. The Bertz CT molecular complexity index is 1290. The van der Waals surface area contributed by atoms with Gasteiger partial charge in [-0.05, 0) is 56.2 Å². The summed E-state index contributed by atoms with van der Waals surface area (Å²) >= 11 is 1.43. The summed E-state index contributed by atoms with van der Waals surface area (Å²) in [5, 5.41) is 3.37. The van der Waals surface area contributed by atoms with E-state index in [0.717, 1.165) is 74.9 Å². The zero-order valence-electron chi connectivity index (χ0n) is 21.1. The SMILES string of the molecule is CCCCOCC1CCC(c2nc3nc(C(=O)OC)c(NC(=O)c4cccc(C(F)(F)F)n4)cc3s2)CC1. The minimum absolute atomic E-state index is 0.0108. The minimum Gasteiger partial charge on any atom is -0.464 e. The first-order valence-corrected chi connectivity index (χ1v) is 13.3. The van der Waals surface area contributed by atoms with Gasteiger partial charge in [-0.1, -0.05) is 19.4 Å². The summed E-state index contributed by atoms with van der Waals surface area (Å²) in [5.74, 6) is -0.924. The molecule has 1 aliphatic rings. The van der Waals surface area contributed by atoms with Gasteiger partial charge in [-0.15, -0.1) is 11.3 Å². The number of halogens is 3. The molecule has 0 saturated heterocycles. The van der Waals surface area contributed by atoms with Crippen molar-refractivity contribution in [1.82, 2.24) is 15.0 Å². The summed E-state index contributed by atoms with van der Waals surface area (Å²) in [7, 11) is 1.17. The van der Waals surface area contributed by atoms with Gasteiger partial charge in [0.1, 0.15) is 11.4 Å². The van der Waals surface area contributed by atoms with Crippen molar-refractivity contribution < 1.29 is 32.2 Å². The number of rotatable bonds is 9. The maximum Gasteiger partial charge on any atom is 0.433 e. The predicted molar refractivity (Wildman–Crippen MR) is 136 cm³/mol. The third-order valence-corrected chi connectivity index (χ3v) is 7.64. The second-order valence-electron chi connectivity index (χ2n) is 9.26. The number of thiazole rings is 1. The Morgan fingerprint density at radius 1 is 1.13 bits per heavy atom. The van der Waals surface area contributed by atoms with Crippen molar-refractivity contribution in [2.24, 2.45) is 5.92 Å². The highest BCUT2D eigenvalue weighted by Crippen LogP contribution is 2.39. The van der Waals surface area contributed by atoms with Crippen molar-refractivity contribution in [3.8, 4) is 0 Å². The topological polar surface area (TPSA) is 103 Å². The van der Waals surface area contributed by atoms with Gasteiger partial charge in [-0.2, -0.15) is 13.2 Å². The van der Waals surface area contributed by atoms with Crippen LogP contribution in [0.5, 0.6) is 0 Å². The van der Waals surface area contributed by atoms with Gasteiger partial charge in [-0.25, -0.2) is 19.7 Å². The number of alkyl halides is 3. The monoisotopic (exact) mass is 550 g/mol. The van der Waals surface area contributed by atoms with Crippen molar-refractivity contribution in [2.45, 2.75) is 57.5 Å². The Kier molecular flexibility index (Phi) is 8.93. The van der Waals surface area contributed by atoms with Gasteiger partial charge >= 0.3 is 12.1 Å². The molecule has 0 unspecified atom stereocenters. The zero-order valence-corrected chi connectivity index (χ0v) is 22.0. The van der Waals surface area contributed by atoms with E-state index in [1.54, 1.807) is 6.07 Å². The molecule has 4 rings (SSSR count). The Morgan fingerprint density at radius 3 is 2.58 bits per heavy atom. The van der Waals surface area contributed by atoms with Gasteiger partial charge in [0.05, 0.1) is 22.5 Å². The lowest BCUT2D eigenvalue weighted by Crippen LogP contribution is -2.19. The highest BCUT2D eigenvalue weighted by Gasteiger charge is 2.33. The number of nitrogens with one attached hydrogen (secondary N) is 1. The van der Waals surface area contributed by atoms with Gasteiger partial charge < -0.3 is 14.8 Å². The molecule has 3 aromatic rings. The molecule has 0 aliphatic heterocycles. The quantitative estimate of drug-likeness (QED) is 0.249. The molecule has 204 valence electrons. The summed E-state index contributed by atoms with van der Waals surface area (Å²) in [5.41, 5.74) is -1.47. The Hall–Kier alpha value is -3.12. The molecule has 38 heavy (non-hydrogen) atoms. The fourth-order valence-corrected chi connectivity index (χ4v) is 5.50. The molecule has 0 radical (unpaired) electrons. The summed E-state index contributed by atoms with van der Waals surface area (Å²) in [6.07, 6.45) is 1.50. The lowest BCUT2D eigenvalue weighted by Gasteiger charge is -2.27. The average Bonchev–Trinajstić information content (AvgIpc) is 3.33. The van der Waals surface area contributed by atoms with E-state index in [2.05, 4.69) is 27.2 Å². The molecule has 3 aromatic heterocycles. The van der Waals surface area contributed by atoms with E-state index in [4.69, 9.17) is 9.47 Å². The van der Waals surface area contributed by atoms with Gasteiger partial charge in [-0.3, -0.25) is 4.79 Å². The lowest BCUT2D eigenvalue weighted by atomic mass is 9.83. The molecule has 1 fully saturated rings. The van der Waals surface area contributed by atoms with Crippen LogP contribution in [-0.4, -0.2) is 47.2 Å². The fraction of sp³-hybridized carbons (Fsp3) is 0.500. The number of pyridine rings is 2. The maximum absolute atomic E-state index is 13.0. The number of methoxy groups -OCH3 is 1. The number of amides is 1. The number of unbranched alkanes of at least 4 members (excludes halogenated alkanes) is 1. The molecule has 1 amide bonds. The number of carbonyl (C=O) groups is 2. The molecule has 0 bridgehead atoms. The first-order chi connectivity index (χ1) is 18.2. The van der Waals surface area contributed by atoms with Gasteiger partial charge in [0.15, 0.2) is 11.3 Å². The van der Waals surface area contributed by atoms with E-state index < -0.39 is 29.4 Å². The fourth-order valence-electron chi connectivity index (χ4n) is 4.38. The number of esters is 1. The Morgan fingerprint density at radius 2 is 1.89 bits per heavy atom. The molecule has 1 N–H and O–H groups in total. The van der Waals surface area contributed by atoms with Crippen molar-refractivity contribution >= 4 is 39.2 Å². The normalized spacial score (nSPS) is 17.9. The van der Waals surface area contributed by atoms with Crippen LogP contribution in [0.25, 0.3) is 10.3 Å². The van der Waals surface area contributed by atoms with Crippen molar-refractivity contribution in [1.29, 1.82) is 0 Å². The second kappa shape index (κ2) is 12.2. The first kappa shape index (κ1) is 27.9. The first-order valence-electron chi connectivity index (χ1n) is 12.5. The van der Waals surface area contributed by atoms with E-state index in [9.17, 15) is 22.8 Å². The van der Waals surface area contributed by atoms with Crippen LogP contribution in [0.1, 0.15) is 83.0 Å². The van der Waals surface area contributed by atoms with Gasteiger partial charge in [0.2, 0.25) is 0 Å². The van der Waals surface area contributed by atoms with Crippen LogP contribution in [-0.2, 0) is 15.7 Å². The van der Waals surface area contributed by atoms with E-state index in [0.29, 0.717) is 16.3 Å². The van der Waals surface area contributed by atoms with Crippen LogP contribution in [0.3, 0.4) is 0 Å². The maximum atomic E-state index is 13.0. The number of carbonyl (C=O) groups excluding carboxylic acids is 2. The molecule has 0 spiro atoms. The van der Waals surface area contributed by atoms with Crippen LogP contribution in [0.4, 0.5) is 18.9 Å². The molecule has 1 aliphatic carbocycles. The van der Waals surface area contributed by atoms with E-state index in [1.165, 1.54) is 18.4 Å². The number of hydrogen-bond donors (Lipinski definition) is 1. The van der Waals surface area contributed by atoms with Gasteiger partial charge in [0.25, 0.3) is 5.91 Å². The summed E-state index contributed by atoms with van der Waals surface area (Å²) in [4.78, 5) is 37.6. The summed E-state index contributed by atoms with van der Waals surface area (Å²) in [6, 6.07) is 4.57. The summed E-state index contributed by atoms with van der Waals surface area (Å²) in [6.45, 7) is 3.71. The number of nitrogens with zero attached hydrogens (tertiary/aromatic N) is 3. The number of fused-ring (bicyclic) bond motifs is 1. The number of aromatic nitrogens is 3. The lowest BCUT2D eigenvalue weighted by molar-refractivity contribution is -0.141. The standard InChI is InChI=1S/C26H29F3N4O4S/c1-3-4-12-37-14-15-8-10-16(11-9-15)24-33-22-19(38-24)13-18(21(32-22)25(35)36-2)31-23(34)17-6-5-7-20(30-17)26(27,28)29/h5-7,13,15-16H,3-4,8-12,14H2,1-2H3,(H,31,34). The molecule has 0 atom stereocenters. The van der Waals surface area contributed by atoms with E-state index in [1.807, 2.05) is 0 Å². The highest BCUT2D eigenvalue weighted by molar-refractivity contribution is 7.18. The molecular formula is C26H29F3N4O4S. The van der Waals surface area contributed by atoms with Crippen molar-refractivity contribution in [2.75, 3.05) is 25.6 Å². The van der Waals surface area contributed by atoms with Gasteiger partial charge in [0, 0.05) is 19.1 Å². The van der Waals surface area contributed by atoms with E-state index in [-0.39, 0.29) is 17.3 Å². The van der Waals surface area contributed by atoms with Crippen LogP contribution in [0.2, 0.25) is 0 Å². The van der Waals surface area contributed by atoms with Crippen LogP contribution in [0.15, 0.2) is 24.3 Å². The number of ether oxygens (including phenoxy) is 2.